The topological polar surface area (TPSA) is 48.1 Å². The molecule has 1 unspecified atom stereocenters. The van der Waals surface area contributed by atoms with Crippen molar-refractivity contribution in [3.05, 3.63) is 34.7 Å². The first-order valence-corrected chi connectivity index (χ1v) is 6.42. The minimum absolute atomic E-state index is 0.319. The summed E-state index contributed by atoms with van der Waals surface area (Å²) in [6.45, 7) is 2.72. The second-order valence-electron chi connectivity index (χ2n) is 3.94. The summed E-state index contributed by atoms with van der Waals surface area (Å²) in [7, 11) is 1.67. The van der Waals surface area contributed by atoms with Gasteiger partial charge in [-0.15, -0.1) is 11.3 Å². The van der Waals surface area contributed by atoms with Gasteiger partial charge in [0.25, 0.3) is 0 Å². The largest absolute Gasteiger partial charge is 0.497 e. The Morgan fingerprint density at radius 3 is 3.00 bits per heavy atom. The van der Waals surface area contributed by atoms with Crippen LogP contribution in [-0.2, 0) is 0 Å². The molecule has 0 radical (unpaired) electrons. The number of thiazole rings is 1. The fraction of sp³-hybridized carbons (Fsp3) is 0.308. The number of benzene rings is 1. The van der Waals surface area contributed by atoms with Crippen LogP contribution in [0.4, 0.5) is 0 Å². The highest BCUT2D eigenvalue weighted by atomic mass is 32.1. The highest BCUT2D eigenvalue weighted by Gasteiger charge is 2.10. The molecule has 0 bridgehead atoms. The molecule has 0 spiro atoms. The molecule has 4 heteroatoms. The van der Waals surface area contributed by atoms with Gasteiger partial charge in [0.1, 0.15) is 5.75 Å². The van der Waals surface area contributed by atoms with E-state index in [2.05, 4.69) is 17.3 Å². The first kappa shape index (κ1) is 12.1. The van der Waals surface area contributed by atoms with Gasteiger partial charge in [0.15, 0.2) is 0 Å². The van der Waals surface area contributed by atoms with E-state index >= 15 is 0 Å². The standard InChI is InChI=1S/C13H16N2OS/c1-9(7-14)13-15-12(8-17-13)10-4-3-5-11(6-10)16-2/h3-6,8-9H,7,14H2,1-2H3. The molecule has 1 atom stereocenters. The van der Waals surface area contributed by atoms with E-state index in [0.717, 1.165) is 22.0 Å². The normalized spacial score (nSPS) is 12.4. The molecular weight excluding hydrogens is 232 g/mol. The van der Waals surface area contributed by atoms with Gasteiger partial charge in [0.2, 0.25) is 0 Å². The molecule has 0 aliphatic carbocycles. The summed E-state index contributed by atoms with van der Waals surface area (Å²) in [5.74, 6) is 1.17. The molecule has 0 amide bonds. The van der Waals surface area contributed by atoms with Crippen LogP contribution in [0.15, 0.2) is 29.6 Å². The van der Waals surface area contributed by atoms with Crippen LogP contribution >= 0.6 is 11.3 Å². The minimum Gasteiger partial charge on any atom is -0.497 e. The van der Waals surface area contributed by atoms with E-state index in [9.17, 15) is 0 Å². The van der Waals surface area contributed by atoms with E-state index in [1.165, 1.54) is 0 Å². The van der Waals surface area contributed by atoms with Crippen molar-refractivity contribution in [3.8, 4) is 17.0 Å². The highest BCUT2D eigenvalue weighted by Crippen LogP contribution is 2.27. The third-order valence-electron chi connectivity index (χ3n) is 2.66. The smallest absolute Gasteiger partial charge is 0.119 e. The molecule has 2 aromatic rings. The van der Waals surface area contributed by atoms with Gasteiger partial charge in [-0.1, -0.05) is 19.1 Å². The van der Waals surface area contributed by atoms with Crippen LogP contribution in [0.1, 0.15) is 17.8 Å². The lowest BCUT2D eigenvalue weighted by atomic mass is 10.1. The fourth-order valence-corrected chi connectivity index (χ4v) is 2.43. The summed E-state index contributed by atoms with van der Waals surface area (Å²) >= 11 is 1.66. The van der Waals surface area contributed by atoms with Crippen molar-refractivity contribution in [2.75, 3.05) is 13.7 Å². The number of nitrogens with zero attached hydrogens (tertiary/aromatic N) is 1. The number of ether oxygens (including phenoxy) is 1. The number of rotatable bonds is 4. The summed E-state index contributed by atoms with van der Waals surface area (Å²) < 4.78 is 5.21. The molecule has 17 heavy (non-hydrogen) atoms. The zero-order valence-corrected chi connectivity index (χ0v) is 10.8. The van der Waals surface area contributed by atoms with Crippen LogP contribution in [0.5, 0.6) is 5.75 Å². The number of aromatic nitrogens is 1. The fourth-order valence-electron chi connectivity index (χ4n) is 1.53. The molecule has 0 saturated heterocycles. The van der Waals surface area contributed by atoms with E-state index in [4.69, 9.17) is 10.5 Å². The average Bonchev–Trinajstić information content (AvgIpc) is 2.87. The third-order valence-corrected chi connectivity index (χ3v) is 3.74. The van der Waals surface area contributed by atoms with Crippen molar-refractivity contribution in [2.45, 2.75) is 12.8 Å². The van der Waals surface area contributed by atoms with Gasteiger partial charge in [-0.05, 0) is 12.1 Å². The molecule has 0 aliphatic heterocycles. The van der Waals surface area contributed by atoms with Gasteiger partial charge in [-0.25, -0.2) is 4.98 Å². The molecule has 2 rings (SSSR count). The molecular formula is C13H16N2OS. The summed E-state index contributed by atoms with van der Waals surface area (Å²) in [6.07, 6.45) is 0. The molecule has 2 N–H and O–H groups in total. The molecule has 0 aliphatic rings. The van der Waals surface area contributed by atoms with Crippen LogP contribution < -0.4 is 10.5 Å². The van der Waals surface area contributed by atoms with Crippen molar-refractivity contribution in [1.82, 2.24) is 4.98 Å². The second-order valence-corrected chi connectivity index (χ2v) is 4.83. The summed E-state index contributed by atoms with van der Waals surface area (Å²) in [5.41, 5.74) is 7.71. The Morgan fingerprint density at radius 2 is 2.29 bits per heavy atom. The zero-order chi connectivity index (χ0) is 12.3. The number of hydrogen-bond donors (Lipinski definition) is 1. The predicted octanol–water partition coefficient (Wildman–Crippen LogP) is 2.88. The Morgan fingerprint density at radius 1 is 1.47 bits per heavy atom. The van der Waals surface area contributed by atoms with E-state index < -0.39 is 0 Å². The number of methoxy groups -OCH3 is 1. The maximum atomic E-state index is 5.64. The van der Waals surface area contributed by atoms with Crippen molar-refractivity contribution >= 4 is 11.3 Å². The Hall–Kier alpha value is -1.39. The Bertz CT molecular complexity index is 496. The lowest BCUT2D eigenvalue weighted by molar-refractivity contribution is 0.415. The molecule has 1 aromatic carbocycles. The monoisotopic (exact) mass is 248 g/mol. The summed E-state index contributed by atoms with van der Waals surface area (Å²) in [5, 5.41) is 3.15. The van der Waals surface area contributed by atoms with E-state index in [0.29, 0.717) is 12.5 Å². The minimum atomic E-state index is 0.319. The molecule has 0 saturated carbocycles. The summed E-state index contributed by atoms with van der Waals surface area (Å²) in [4.78, 5) is 4.61. The van der Waals surface area contributed by atoms with Crippen molar-refractivity contribution < 1.29 is 4.74 Å². The van der Waals surface area contributed by atoms with Crippen LogP contribution in [0, 0.1) is 0 Å². The molecule has 1 aromatic heterocycles. The van der Waals surface area contributed by atoms with Gasteiger partial charge < -0.3 is 10.5 Å². The maximum Gasteiger partial charge on any atom is 0.119 e. The first-order valence-electron chi connectivity index (χ1n) is 5.54. The van der Waals surface area contributed by atoms with Crippen LogP contribution in [0.3, 0.4) is 0 Å². The summed E-state index contributed by atoms with van der Waals surface area (Å²) in [6, 6.07) is 7.93. The Balaban J connectivity index is 2.30. The predicted molar refractivity (Wildman–Crippen MR) is 71.6 cm³/mol. The van der Waals surface area contributed by atoms with Gasteiger partial charge in [-0.3, -0.25) is 0 Å². The van der Waals surface area contributed by atoms with E-state index in [1.54, 1.807) is 18.4 Å². The van der Waals surface area contributed by atoms with Crippen molar-refractivity contribution in [3.63, 3.8) is 0 Å². The van der Waals surface area contributed by atoms with Gasteiger partial charge in [0, 0.05) is 23.4 Å². The molecule has 0 fully saturated rings. The molecule has 90 valence electrons. The number of hydrogen-bond acceptors (Lipinski definition) is 4. The van der Waals surface area contributed by atoms with Gasteiger partial charge in [0.05, 0.1) is 17.8 Å². The average molecular weight is 248 g/mol. The van der Waals surface area contributed by atoms with Crippen molar-refractivity contribution in [2.24, 2.45) is 5.73 Å². The highest BCUT2D eigenvalue weighted by molar-refractivity contribution is 7.10. The third kappa shape index (κ3) is 2.65. The number of nitrogens with two attached hydrogens (primary N) is 1. The Kier molecular flexibility index (Phi) is 3.76. The van der Waals surface area contributed by atoms with Crippen LogP contribution in [0.2, 0.25) is 0 Å². The van der Waals surface area contributed by atoms with E-state index in [-0.39, 0.29) is 0 Å². The second kappa shape index (κ2) is 5.29. The maximum absolute atomic E-state index is 5.64. The zero-order valence-electron chi connectivity index (χ0n) is 10.0. The quantitative estimate of drug-likeness (QED) is 0.905. The SMILES string of the molecule is COc1cccc(-c2csc(C(C)CN)n2)c1. The van der Waals surface area contributed by atoms with Gasteiger partial charge >= 0.3 is 0 Å². The molecule has 3 nitrogen and oxygen atoms in total. The van der Waals surface area contributed by atoms with Crippen LogP contribution in [0.25, 0.3) is 11.3 Å². The van der Waals surface area contributed by atoms with Crippen LogP contribution in [-0.4, -0.2) is 18.6 Å². The first-order chi connectivity index (χ1) is 8.24. The van der Waals surface area contributed by atoms with E-state index in [1.807, 2.05) is 24.3 Å². The molecule has 1 heterocycles. The Labute approximate surface area is 105 Å². The van der Waals surface area contributed by atoms with Gasteiger partial charge in [-0.2, -0.15) is 0 Å². The lowest BCUT2D eigenvalue weighted by Gasteiger charge is -2.03. The van der Waals surface area contributed by atoms with Crippen molar-refractivity contribution in [1.29, 1.82) is 0 Å². The lowest BCUT2D eigenvalue weighted by Crippen LogP contribution is -2.08.